The summed E-state index contributed by atoms with van der Waals surface area (Å²) in [7, 11) is 1.38. The lowest BCUT2D eigenvalue weighted by Gasteiger charge is -2.13. The number of carbonyl (C=O) groups is 2. The molecule has 0 spiro atoms. The van der Waals surface area contributed by atoms with Gasteiger partial charge in [-0.2, -0.15) is 11.3 Å². The quantitative estimate of drug-likeness (QED) is 0.487. The van der Waals surface area contributed by atoms with Gasteiger partial charge in [-0.25, -0.2) is 4.79 Å². The van der Waals surface area contributed by atoms with E-state index in [1.165, 1.54) is 43.6 Å². The molecule has 0 aliphatic rings. The van der Waals surface area contributed by atoms with Crippen LogP contribution in [0.2, 0.25) is 0 Å². The van der Waals surface area contributed by atoms with Gasteiger partial charge in [0.15, 0.2) is 6.10 Å². The first kappa shape index (κ1) is 17.4. The van der Waals surface area contributed by atoms with Gasteiger partial charge in [-0.3, -0.25) is 14.9 Å². The van der Waals surface area contributed by atoms with E-state index >= 15 is 0 Å². The number of benzene rings is 1. The van der Waals surface area contributed by atoms with Gasteiger partial charge in [0.1, 0.15) is 11.4 Å². The predicted octanol–water partition coefficient (Wildman–Crippen LogP) is 2.85. The highest BCUT2D eigenvalue weighted by Crippen LogP contribution is 2.29. The van der Waals surface area contributed by atoms with Gasteiger partial charge in [0.05, 0.1) is 23.7 Å². The summed E-state index contributed by atoms with van der Waals surface area (Å²) in [5, 5.41) is 16.8. The first-order valence-electron chi connectivity index (χ1n) is 6.79. The Morgan fingerprint density at radius 2 is 2.08 bits per heavy atom. The van der Waals surface area contributed by atoms with E-state index < -0.39 is 22.9 Å². The summed E-state index contributed by atoms with van der Waals surface area (Å²) >= 11 is 1.33. The average Bonchev–Trinajstić information content (AvgIpc) is 3.09. The second-order valence-corrected chi connectivity index (χ2v) is 5.47. The molecule has 0 radical (unpaired) electrons. The van der Waals surface area contributed by atoms with Crippen molar-refractivity contribution in [2.75, 3.05) is 12.4 Å². The number of methoxy groups -OCH3 is 1. The molecular formula is C15H14N2O6S. The third kappa shape index (κ3) is 4.07. The molecule has 0 aliphatic heterocycles. The predicted molar refractivity (Wildman–Crippen MR) is 87.5 cm³/mol. The van der Waals surface area contributed by atoms with Crippen molar-refractivity contribution in [1.82, 2.24) is 0 Å². The van der Waals surface area contributed by atoms with Crippen LogP contribution in [-0.2, 0) is 9.53 Å². The van der Waals surface area contributed by atoms with E-state index in [-0.39, 0.29) is 17.1 Å². The topological polar surface area (TPSA) is 108 Å². The number of carbonyl (C=O) groups excluding carboxylic acids is 2. The number of hydrogen-bond acceptors (Lipinski definition) is 7. The van der Waals surface area contributed by atoms with Crippen molar-refractivity contribution < 1.29 is 24.0 Å². The molecule has 0 saturated carbocycles. The molecule has 126 valence electrons. The molecule has 9 heteroatoms. The smallest absolute Gasteiger partial charge is 0.339 e. The van der Waals surface area contributed by atoms with Gasteiger partial charge in [0, 0.05) is 5.38 Å². The number of anilines is 1. The highest BCUT2D eigenvalue weighted by molar-refractivity contribution is 7.08. The van der Waals surface area contributed by atoms with Crippen LogP contribution in [-0.4, -0.2) is 30.0 Å². The monoisotopic (exact) mass is 350 g/mol. The number of nitro groups is 1. The van der Waals surface area contributed by atoms with E-state index in [2.05, 4.69) is 5.32 Å². The molecule has 2 aromatic rings. The Morgan fingerprint density at radius 3 is 2.67 bits per heavy atom. The van der Waals surface area contributed by atoms with Gasteiger partial charge in [0.25, 0.3) is 11.6 Å². The van der Waals surface area contributed by atoms with Crippen LogP contribution in [0.1, 0.15) is 17.3 Å². The van der Waals surface area contributed by atoms with Crippen LogP contribution >= 0.6 is 11.3 Å². The van der Waals surface area contributed by atoms with E-state index in [0.717, 1.165) is 0 Å². The number of rotatable bonds is 6. The molecule has 1 atom stereocenters. The van der Waals surface area contributed by atoms with Crippen LogP contribution in [0.25, 0.3) is 0 Å². The second kappa shape index (κ2) is 7.55. The van der Waals surface area contributed by atoms with Gasteiger partial charge < -0.3 is 14.8 Å². The summed E-state index contributed by atoms with van der Waals surface area (Å²) in [4.78, 5) is 34.4. The zero-order valence-corrected chi connectivity index (χ0v) is 13.7. The molecular weight excluding hydrogens is 336 g/mol. The molecule has 2 rings (SSSR count). The standard InChI is InChI=1S/C15H14N2O6S/c1-9(23-15(19)10-5-6-24-8-10)14(18)16-12-4-3-11(22-2)7-13(12)17(20)21/h3-9H,1-2H3,(H,16,18)/t9-/m0/s1. The van der Waals surface area contributed by atoms with Gasteiger partial charge in [-0.1, -0.05) is 0 Å². The summed E-state index contributed by atoms with van der Waals surface area (Å²) in [6.45, 7) is 1.38. The maximum Gasteiger partial charge on any atom is 0.339 e. The number of ether oxygens (including phenoxy) is 2. The third-order valence-corrected chi connectivity index (χ3v) is 3.75. The first-order chi connectivity index (χ1) is 11.4. The fraction of sp³-hybridized carbons (Fsp3) is 0.200. The van der Waals surface area contributed by atoms with Gasteiger partial charge in [0.2, 0.25) is 0 Å². The van der Waals surface area contributed by atoms with Crippen LogP contribution in [0.4, 0.5) is 11.4 Å². The van der Waals surface area contributed by atoms with E-state index in [9.17, 15) is 19.7 Å². The number of hydrogen-bond donors (Lipinski definition) is 1. The molecule has 0 aliphatic carbocycles. The molecule has 0 bridgehead atoms. The minimum absolute atomic E-state index is 0.00997. The Hall–Kier alpha value is -2.94. The molecule has 1 aromatic carbocycles. The first-order valence-corrected chi connectivity index (χ1v) is 7.73. The molecule has 1 aromatic heterocycles. The summed E-state index contributed by atoms with van der Waals surface area (Å²) in [5.74, 6) is -1.02. The van der Waals surface area contributed by atoms with E-state index in [0.29, 0.717) is 5.56 Å². The maximum absolute atomic E-state index is 12.1. The molecule has 0 saturated heterocycles. The van der Waals surface area contributed by atoms with Crippen LogP contribution in [0.3, 0.4) is 0 Å². The lowest BCUT2D eigenvalue weighted by Crippen LogP contribution is -2.30. The van der Waals surface area contributed by atoms with Crippen molar-refractivity contribution in [2.24, 2.45) is 0 Å². The number of nitrogens with one attached hydrogen (secondary N) is 1. The third-order valence-electron chi connectivity index (χ3n) is 3.07. The maximum atomic E-state index is 12.1. The van der Waals surface area contributed by atoms with Crippen LogP contribution < -0.4 is 10.1 Å². The minimum Gasteiger partial charge on any atom is -0.496 e. The summed E-state index contributed by atoms with van der Waals surface area (Å²) in [5.41, 5.74) is 0.0124. The Morgan fingerprint density at radius 1 is 1.33 bits per heavy atom. The summed E-state index contributed by atoms with van der Waals surface area (Å²) in [6, 6.07) is 5.59. The second-order valence-electron chi connectivity index (χ2n) is 4.69. The van der Waals surface area contributed by atoms with Crippen molar-refractivity contribution in [3.63, 3.8) is 0 Å². The molecule has 8 nitrogen and oxygen atoms in total. The van der Waals surface area contributed by atoms with Crippen LogP contribution in [0.5, 0.6) is 5.75 Å². The van der Waals surface area contributed by atoms with E-state index in [4.69, 9.17) is 9.47 Å². The van der Waals surface area contributed by atoms with Gasteiger partial charge in [-0.15, -0.1) is 0 Å². The van der Waals surface area contributed by atoms with Crippen molar-refractivity contribution in [1.29, 1.82) is 0 Å². The van der Waals surface area contributed by atoms with Crippen LogP contribution in [0.15, 0.2) is 35.0 Å². The number of esters is 1. The Labute approximate surface area is 141 Å². The fourth-order valence-electron chi connectivity index (χ4n) is 1.79. The lowest BCUT2D eigenvalue weighted by atomic mass is 10.2. The number of thiophene rings is 1. The molecule has 1 N–H and O–H groups in total. The van der Waals surface area contributed by atoms with E-state index in [1.807, 2.05) is 0 Å². The molecule has 1 amide bonds. The summed E-state index contributed by atoms with van der Waals surface area (Å²) in [6.07, 6.45) is -1.11. The zero-order valence-electron chi connectivity index (χ0n) is 12.8. The van der Waals surface area contributed by atoms with Crippen molar-refractivity contribution >= 4 is 34.6 Å². The van der Waals surface area contributed by atoms with E-state index in [1.54, 1.807) is 16.8 Å². The molecule has 0 unspecified atom stereocenters. The molecule has 1 heterocycles. The van der Waals surface area contributed by atoms with Crippen molar-refractivity contribution in [2.45, 2.75) is 13.0 Å². The van der Waals surface area contributed by atoms with Crippen molar-refractivity contribution in [3.8, 4) is 5.75 Å². The molecule has 24 heavy (non-hydrogen) atoms. The zero-order chi connectivity index (χ0) is 17.7. The normalized spacial score (nSPS) is 11.4. The lowest BCUT2D eigenvalue weighted by molar-refractivity contribution is -0.384. The van der Waals surface area contributed by atoms with Crippen molar-refractivity contribution in [3.05, 3.63) is 50.7 Å². The Balaban J connectivity index is 2.08. The number of nitrogens with zero attached hydrogens (tertiary/aromatic N) is 1. The highest BCUT2D eigenvalue weighted by Gasteiger charge is 2.23. The van der Waals surface area contributed by atoms with Gasteiger partial charge in [-0.05, 0) is 30.5 Å². The average molecular weight is 350 g/mol. The SMILES string of the molecule is COc1ccc(NC(=O)[C@H](C)OC(=O)c2ccsc2)c([N+](=O)[O-])c1. The largest absolute Gasteiger partial charge is 0.496 e. The fourth-order valence-corrected chi connectivity index (χ4v) is 2.42. The minimum atomic E-state index is -1.11. The highest BCUT2D eigenvalue weighted by atomic mass is 32.1. The number of nitro benzene ring substituents is 1. The Kier molecular flexibility index (Phi) is 5.48. The van der Waals surface area contributed by atoms with Crippen LogP contribution in [0, 0.1) is 10.1 Å². The summed E-state index contributed by atoms with van der Waals surface area (Å²) < 4.78 is 9.96. The Bertz CT molecular complexity index is 759. The number of amides is 1. The van der Waals surface area contributed by atoms with Gasteiger partial charge >= 0.3 is 5.97 Å². The molecule has 0 fully saturated rings.